The van der Waals surface area contributed by atoms with Gasteiger partial charge in [-0.1, -0.05) is 32.1 Å². The Labute approximate surface area is 103 Å². The summed E-state index contributed by atoms with van der Waals surface area (Å²) in [6, 6.07) is 0. The zero-order valence-electron chi connectivity index (χ0n) is 10.7. The second kappa shape index (κ2) is 7.30. The highest BCUT2D eigenvalue weighted by Crippen LogP contribution is 2.23. The Morgan fingerprint density at radius 1 is 1.12 bits per heavy atom. The maximum absolute atomic E-state index is 12.2. The number of nitrogens with zero attached hydrogens (tertiary/aromatic N) is 1. The molecule has 1 aliphatic rings. The largest absolute Gasteiger partial charge is 0.480 e. The molecule has 17 heavy (non-hydrogen) atoms. The van der Waals surface area contributed by atoms with E-state index < -0.39 is 5.97 Å². The van der Waals surface area contributed by atoms with Crippen LogP contribution < -0.4 is 0 Å². The van der Waals surface area contributed by atoms with E-state index in [2.05, 4.69) is 0 Å². The van der Waals surface area contributed by atoms with Crippen LogP contribution in [0.15, 0.2) is 0 Å². The van der Waals surface area contributed by atoms with Crippen LogP contribution in [0.4, 0.5) is 0 Å². The van der Waals surface area contributed by atoms with Crippen LogP contribution in [0, 0.1) is 5.92 Å². The lowest BCUT2D eigenvalue weighted by atomic mass is 9.90. The first kappa shape index (κ1) is 14.0. The van der Waals surface area contributed by atoms with Crippen LogP contribution in [0.25, 0.3) is 0 Å². The highest BCUT2D eigenvalue weighted by atomic mass is 16.4. The van der Waals surface area contributed by atoms with Crippen LogP contribution in [-0.4, -0.2) is 35.0 Å². The molecular formula is C13H23NO3. The monoisotopic (exact) mass is 241 g/mol. The SMILES string of the molecule is CCN(CC(=O)O)C(=O)C1CCCCCCC1. The van der Waals surface area contributed by atoms with Crippen molar-refractivity contribution in [3.8, 4) is 0 Å². The number of amides is 1. The smallest absolute Gasteiger partial charge is 0.323 e. The maximum atomic E-state index is 12.2. The van der Waals surface area contributed by atoms with Gasteiger partial charge in [0, 0.05) is 12.5 Å². The fourth-order valence-corrected chi connectivity index (χ4v) is 2.47. The van der Waals surface area contributed by atoms with Crippen molar-refractivity contribution in [2.24, 2.45) is 5.92 Å². The minimum atomic E-state index is -0.925. The van der Waals surface area contributed by atoms with E-state index in [1.165, 1.54) is 24.2 Å². The first-order valence-electron chi connectivity index (χ1n) is 6.65. The van der Waals surface area contributed by atoms with Gasteiger partial charge in [-0.25, -0.2) is 0 Å². The zero-order chi connectivity index (χ0) is 12.7. The molecule has 0 saturated heterocycles. The lowest BCUT2D eigenvalue weighted by molar-refractivity contribution is -0.146. The third-order valence-electron chi connectivity index (χ3n) is 3.47. The van der Waals surface area contributed by atoms with Gasteiger partial charge in [0.2, 0.25) is 5.91 Å². The van der Waals surface area contributed by atoms with Crippen molar-refractivity contribution in [3.63, 3.8) is 0 Å². The lowest BCUT2D eigenvalue weighted by Crippen LogP contribution is -2.39. The Balaban J connectivity index is 2.54. The average molecular weight is 241 g/mol. The number of carbonyl (C=O) groups excluding carboxylic acids is 1. The summed E-state index contributed by atoms with van der Waals surface area (Å²) in [6.45, 7) is 2.16. The summed E-state index contributed by atoms with van der Waals surface area (Å²) in [7, 11) is 0. The minimum Gasteiger partial charge on any atom is -0.480 e. The third kappa shape index (κ3) is 4.75. The highest BCUT2D eigenvalue weighted by Gasteiger charge is 2.24. The molecule has 0 bridgehead atoms. The second-order valence-electron chi connectivity index (χ2n) is 4.79. The summed E-state index contributed by atoms with van der Waals surface area (Å²) in [5.41, 5.74) is 0. The van der Waals surface area contributed by atoms with Crippen molar-refractivity contribution >= 4 is 11.9 Å². The molecule has 0 spiro atoms. The van der Waals surface area contributed by atoms with E-state index in [1.807, 2.05) is 6.92 Å². The van der Waals surface area contributed by atoms with Gasteiger partial charge < -0.3 is 10.0 Å². The first-order chi connectivity index (χ1) is 8.15. The van der Waals surface area contributed by atoms with Gasteiger partial charge in [0.1, 0.15) is 6.54 Å². The number of carbonyl (C=O) groups is 2. The van der Waals surface area contributed by atoms with E-state index in [-0.39, 0.29) is 18.4 Å². The third-order valence-corrected chi connectivity index (χ3v) is 3.47. The van der Waals surface area contributed by atoms with E-state index in [0.29, 0.717) is 6.54 Å². The average Bonchev–Trinajstić information content (AvgIpc) is 2.24. The maximum Gasteiger partial charge on any atom is 0.323 e. The van der Waals surface area contributed by atoms with Gasteiger partial charge in [-0.2, -0.15) is 0 Å². The Morgan fingerprint density at radius 2 is 1.65 bits per heavy atom. The Bertz CT molecular complexity index is 257. The molecule has 0 aliphatic heterocycles. The summed E-state index contributed by atoms with van der Waals surface area (Å²) >= 11 is 0. The number of rotatable bonds is 4. The molecule has 98 valence electrons. The van der Waals surface area contributed by atoms with Crippen molar-refractivity contribution in [1.29, 1.82) is 0 Å². The number of carboxylic acids is 1. The Kier molecular flexibility index (Phi) is 6.01. The molecule has 4 nitrogen and oxygen atoms in total. The molecule has 1 fully saturated rings. The first-order valence-corrected chi connectivity index (χ1v) is 6.65. The summed E-state index contributed by atoms with van der Waals surface area (Å²) in [6.07, 6.45) is 7.73. The molecule has 4 heteroatoms. The van der Waals surface area contributed by atoms with Crippen molar-refractivity contribution in [2.75, 3.05) is 13.1 Å². The number of likely N-dealkylation sites (N-methyl/N-ethyl adjacent to an activating group) is 1. The second-order valence-corrected chi connectivity index (χ2v) is 4.79. The van der Waals surface area contributed by atoms with Crippen LogP contribution in [-0.2, 0) is 9.59 Å². The van der Waals surface area contributed by atoms with E-state index >= 15 is 0 Å². The molecule has 1 N–H and O–H groups in total. The molecule has 0 unspecified atom stereocenters. The standard InChI is InChI=1S/C13H23NO3/c1-2-14(10-12(15)16)13(17)11-8-6-4-3-5-7-9-11/h11H,2-10H2,1H3,(H,15,16). The topological polar surface area (TPSA) is 57.6 Å². The molecule has 0 atom stereocenters. The molecule has 0 radical (unpaired) electrons. The van der Waals surface area contributed by atoms with E-state index in [9.17, 15) is 9.59 Å². The normalized spacial score (nSPS) is 18.2. The van der Waals surface area contributed by atoms with Gasteiger partial charge in [-0.05, 0) is 19.8 Å². The molecule has 0 aromatic rings. The molecule has 0 aromatic heterocycles. The van der Waals surface area contributed by atoms with E-state index in [1.54, 1.807) is 0 Å². The van der Waals surface area contributed by atoms with Gasteiger partial charge >= 0.3 is 5.97 Å². The van der Waals surface area contributed by atoms with E-state index in [0.717, 1.165) is 25.7 Å². The van der Waals surface area contributed by atoms with Gasteiger partial charge in [0.05, 0.1) is 0 Å². The molecule has 1 amide bonds. The Hall–Kier alpha value is -1.06. The van der Waals surface area contributed by atoms with Crippen molar-refractivity contribution in [1.82, 2.24) is 4.90 Å². The van der Waals surface area contributed by atoms with Crippen molar-refractivity contribution in [3.05, 3.63) is 0 Å². The summed E-state index contributed by atoms with van der Waals surface area (Å²) in [5, 5.41) is 8.77. The predicted octanol–water partition coefficient (Wildman–Crippen LogP) is 2.28. The molecule has 1 rings (SSSR count). The number of aliphatic carboxylic acids is 1. The van der Waals surface area contributed by atoms with Crippen LogP contribution in [0.5, 0.6) is 0 Å². The molecule has 1 aliphatic carbocycles. The summed E-state index contributed by atoms with van der Waals surface area (Å²) in [5.74, 6) is -0.836. The summed E-state index contributed by atoms with van der Waals surface area (Å²) in [4.78, 5) is 24.3. The predicted molar refractivity (Wildman–Crippen MR) is 65.7 cm³/mol. The van der Waals surface area contributed by atoms with E-state index in [4.69, 9.17) is 5.11 Å². The van der Waals surface area contributed by atoms with Gasteiger partial charge in [-0.15, -0.1) is 0 Å². The lowest BCUT2D eigenvalue weighted by Gasteiger charge is -2.26. The van der Waals surface area contributed by atoms with Crippen molar-refractivity contribution in [2.45, 2.75) is 51.9 Å². The van der Waals surface area contributed by atoms with Gasteiger partial charge in [0.25, 0.3) is 0 Å². The van der Waals surface area contributed by atoms with Crippen LogP contribution >= 0.6 is 0 Å². The van der Waals surface area contributed by atoms with Gasteiger partial charge in [-0.3, -0.25) is 9.59 Å². The molecule has 1 saturated carbocycles. The van der Waals surface area contributed by atoms with Crippen LogP contribution in [0.1, 0.15) is 51.9 Å². The minimum absolute atomic E-state index is 0.0387. The number of carboxylic acid groups (broad SMARTS) is 1. The molecule has 0 aromatic carbocycles. The fraction of sp³-hybridized carbons (Fsp3) is 0.846. The zero-order valence-corrected chi connectivity index (χ0v) is 10.7. The quantitative estimate of drug-likeness (QED) is 0.821. The summed E-state index contributed by atoms with van der Waals surface area (Å²) < 4.78 is 0. The number of hydrogen-bond donors (Lipinski definition) is 1. The molecular weight excluding hydrogens is 218 g/mol. The van der Waals surface area contributed by atoms with Crippen LogP contribution in [0.3, 0.4) is 0 Å². The highest BCUT2D eigenvalue weighted by molar-refractivity contribution is 5.83. The molecule has 0 heterocycles. The Morgan fingerprint density at radius 3 is 2.12 bits per heavy atom. The van der Waals surface area contributed by atoms with Crippen LogP contribution in [0.2, 0.25) is 0 Å². The fourth-order valence-electron chi connectivity index (χ4n) is 2.47. The number of hydrogen-bond acceptors (Lipinski definition) is 2. The van der Waals surface area contributed by atoms with Crippen molar-refractivity contribution < 1.29 is 14.7 Å². The van der Waals surface area contributed by atoms with Gasteiger partial charge in [0.15, 0.2) is 0 Å².